The third kappa shape index (κ3) is 6.09. The van der Waals surface area contributed by atoms with E-state index in [1.165, 1.54) is 0 Å². The van der Waals surface area contributed by atoms with E-state index in [0.717, 1.165) is 41.9 Å². The topological polar surface area (TPSA) is 86.3 Å². The van der Waals surface area contributed by atoms with Gasteiger partial charge in [-0.15, -0.1) is 0 Å². The van der Waals surface area contributed by atoms with E-state index in [0.29, 0.717) is 12.3 Å². The molecule has 2 rings (SSSR count). The van der Waals surface area contributed by atoms with Gasteiger partial charge in [-0.25, -0.2) is 0 Å². The number of rotatable bonds is 10. The molecule has 1 aromatic rings. The summed E-state index contributed by atoms with van der Waals surface area (Å²) in [6.07, 6.45) is 1.86. The summed E-state index contributed by atoms with van der Waals surface area (Å²) in [4.78, 5) is 4.54. The van der Waals surface area contributed by atoms with Crippen LogP contribution in [0.4, 0.5) is 0 Å². The Morgan fingerprint density at radius 3 is 2.43 bits per heavy atom. The summed E-state index contributed by atoms with van der Waals surface area (Å²) in [7, 11) is 3.26. The maximum absolute atomic E-state index is 10.3. The first-order valence-corrected chi connectivity index (χ1v) is 9.60. The Hall–Kier alpha value is -1.83. The molecule has 1 aliphatic heterocycles. The second kappa shape index (κ2) is 9.59. The van der Waals surface area contributed by atoms with E-state index in [1.807, 2.05) is 38.1 Å². The molecule has 7 heteroatoms. The Morgan fingerprint density at radius 1 is 1.21 bits per heavy atom. The number of nitrogens with zero attached hydrogens (tertiary/aromatic N) is 1. The van der Waals surface area contributed by atoms with Gasteiger partial charge in [0.05, 0.1) is 31.5 Å². The highest BCUT2D eigenvalue weighted by atomic mass is 16.5. The molecule has 0 saturated heterocycles. The van der Waals surface area contributed by atoms with Crippen LogP contribution >= 0.6 is 0 Å². The highest BCUT2D eigenvalue weighted by Gasteiger charge is 2.36. The summed E-state index contributed by atoms with van der Waals surface area (Å²) in [6, 6.07) is 7.72. The van der Waals surface area contributed by atoms with Gasteiger partial charge >= 0.3 is 7.48 Å². The average molecular weight is 387 g/mol. The largest absolute Gasteiger partial charge is 0.497 e. The maximum Gasteiger partial charge on any atom is 0.334 e. The number of benzene rings is 1. The van der Waals surface area contributed by atoms with Crippen LogP contribution in [0.5, 0.6) is 5.75 Å². The zero-order valence-corrected chi connectivity index (χ0v) is 17.6. The van der Waals surface area contributed by atoms with Crippen molar-refractivity contribution in [1.29, 1.82) is 0 Å². The molecule has 0 unspecified atom stereocenters. The quantitative estimate of drug-likeness (QED) is 0.603. The standard InChI is InChI=1S/C21H32BN2O4/c1-20(2,25)21(3,4)28-22-19(18-7-6-12-24-18)17(23)14-27-13-15-8-10-16(26-5)11-9-15/h8-11,25H,6-7,12-14,23H2,1-5H3. The fourth-order valence-electron chi connectivity index (χ4n) is 2.52. The Labute approximate surface area is 169 Å². The van der Waals surface area contributed by atoms with Crippen LogP contribution in [0.15, 0.2) is 40.4 Å². The highest BCUT2D eigenvalue weighted by Crippen LogP contribution is 2.26. The second-order valence-electron chi connectivity index (χ2n) is 8.02. The molecule has 0 bridgehead atoms. The minimum Gasteiger partial charge on any atom is -0.497 e. The van der Waals surface area contributed by atoms with E-state index < -0.39 is 11.2 Å². The fraction of sp³-hybridized carbons (Fsp3) is 0.571. The lowest BCUT2D eigenvalue weighted by Gasteiger charge is -2.37. The summed E-state index contributed by atoms with van der Waals surface area (Å²) in [5.74, 6) is 0.811. The molecule has 0 fully saturated rings. The minimum absolute atomic E-state index is 0.267. The van der Waals surface area contributed by atoms with Crippen LogP contribution < -0.4 is 10.5 Å². The van der Waals surface area contributed by atoms with Gasteiger partial charge < -0.3 is 25.0 Å². The van der Waals surface area contributed by atoms with Crippen LogP contribution in [0.3, 0.4) is 0 Å². The lowest BCUT2D eigenvalue weighted by atomic mass is 9.78. The van der Waals surface area contributed by atoms with Gasteiger partial charge in [0.25, 0.3) is 0 Å². The van der Waals surface area contributed by atoms with Crippen molar-refractivity contribution >= 4 is 13.2 Å². The van der Waals surface area contributed by atoms with Crippen LogP contribution in [0.2, 0.25) is 0 Å². The molecule has 3 N–H and O–H groups in total. The predicted octanol–water partition coefficient (Wildman–Crippen LogP) is 2.80. The third-order valence-corrected chi connectivity index (χ3v) is 5.16. The minimum atomic E-state index is -1.01. The first-order chi connectivity index (χ1) is 13.1. The molecule has 1 aromatic carbocycles. The lowest BCUT2D eigenvalue weighted by molar-refractivity contribution is -0.0896. The summed E-state index contributed by atoms with van der Waals surface area (Å²) in [6.45, 7) is 8.63. The number of aliphatic hydroxyl groups is 1. The SMILES string of the molecule is COc1ccc(COCC(N)=C([B]OC(C)(C)C(C)(C)O)C2=NCCC2)cc1. The molecule has 0 aromatic heterocycles. The summed E-state index contributed by atoms with van der Waals surface area (Å²) >= 11 is 0. The van der Waals surface area contributed by atoms with Crippen LogP contribution in [-0.2, 0) is 16.0 Å². The van der Waals surface area contributed by atoms with Gasteiger partial charge in [-0.1, -0.05) is 12.1 Å². The third-order valence-electron chi connectivity index (χ3n) is 5.16. The van der Waals surface area contributed by atoms with Gasteiger partial charge in [0.15, 0.2) is 0 Å². The zero-order chi connectivity index (χ0) is 20.8. The summed E-state index contributed by atoms with van der Waals surface area (Å²) in [5, 5.41) is 10.3. The van der Waals surface area contributed by atoms with Gasteiger partial charge in [0.1, 0.15) is 5.75 Å². The Morgan fingerprint density at radius 2 is 1.89 bits per heavy atom. The number of methoxy groups -OCH3 is 1. The molecule has 0 atom stereocenters. The van der Waals surface area contributed by atoms with Crippen molar-refractivity contribution < 1.29 is 19.2 Å². The van der Waals surface area contributed by atoms with E-state index in [4.69, 9.17) is 19.9 Å². The van der Waals surface area contributed by atoms with Crippen molar-refractivity contribution in [2.45, 2.75) is 58.3 Å². The van der Waals surface area contributed by atoms with E-state index >= 15 is 0 Å². The summed E-state index contributed by atoms with van der Waals surface area (Å²) in [5.41, 5.74) is 7.83. The molecular weight excluding hydrogens is 355 g/mol. The highest BCUT2D eigenvalue weighted by molar-refractivity contribution is 6.50. The van der Waals surface area contributed by atoms with Gasteiger partial charge in [-0.2, -0.15) is 0 Å². The van der Waals surface area contributed by atoms with Crippen molar-refractivity contribution in [2.24, 2.45) is 10.7 Å². The molecular formula is C21H32BN2O4. The normalized spacial score (nSPS) is 15.9. The number of allylic oxidation sites excluding steroid dienone is 1. The monoisotopic (exact) mass is 387 g/mol. The van der Waals surface area contributed by atoms with Crippen molar-refractivity contribution in [3.05, 3.63) is 41.0 Å². The molecule has 0 spiro atoms. The molecule has 1 aliphatic rings. The van der Waals surface area contributed by atoms with E-state index in [2.05, 4.69) is 4.99 Å². The number of nitrogens with two attached hydrogens (primary N) is 1. The van der Waals surface area contributed by atoms with E-state index in [9.17, 15) is 5.11 Å². The fourth-order valence-corrected chi connectivity index (χ4v) is 2.52. The Kier molecular flexibility index (Phi) is 7.69. The molecule has 1 heterocycles. The van der Waals surface area contributed by atoms with Gasteiger partial charge in [0, 0.05) is 18.0 Å². The van der Waals surface area contributed by atoms with Gasteiger partial charge in [-0.05, 0) is 63.7 Å². The van der Waals surface area contributed by atoms with Crippen LogP contribution in [0, 0.1) is 0 Å². The van der Waals surface area contributed by atoms with E-state index in [1.54, 1.807) is 28.4 Å². The molecule has 0 saturated carbocycles. The Balaban J connectivity index is 2.02. The molecule has 153 valence electrons. The second-order valence-corrected chi connectivity index (χ2v) is 8.02. The predicted molar refractivity (Wildman–Crippen MR) is 113 cm³/mol. The average Bonchev–Trinajstić information content (AvgIpc) is 3.16. The van der Waals surface area contributed by atoms with Crippen LogP contribution in [-0.4, -0.2) is 49.8 Å². The molecule has 6 nitrogen and oxygen atoms in total. The zero-order valence-electron chi connectivity index (χ0n) is 17.6. The van der Waals surface area contributed by atoms with Crippen LogP contribution in [0.1, 0.15) is 46.1 Å². The summed E-state index contributed by atoms with van der Waals surface area (Å²) < 4.78 is 16.9. The Bertz CT molecular complexity index is 706. The molecule has 1 radical (unpaired) electrons. The smallest absolute Gasteiger partial charge is 0.334 e. The molecule has 0 aliphatic carbocycles. The van der Waals surface area contributed by atoms with Crippen molar-refractivity contribution in [1.82, 2.24) is 0 Å². The van der Waals surface area contributed by atoms with Gasteiger partial charge in [-0.3, -0.25) is 4.99 Å². The first kappa shape index (κ1) is 22.5. The molecule has 28 heavy (non-hydrogen) atoms. The van der Waals surface area contributed by atoms with Gasteiger partial charge in [0.2, 0.25) is 0 Å². The van der Waals surface area contributed by atoms with Crippen molar-refractivity contribution in [3.8, 4) is 5.75 Å². The number of hydrogen-bond acceptors (Lipinski definition) is 6. The maximum atomic E-state index is 10.3. The number of aliphatic imine (C=N–C) groups is 1. The lowest BCUT2D eigenvalue weighted by Crippen LogP contribution is -2.48. The van der Waals surface area contributed by atoms with Crippen molar-refractivity contribution in [3.63, 3.8) is 0 Å². The van der Waals surface area contributed by atoms with Crippen molar-refractivity contribution in [2.75, 3.05) is 20.3 Å². The number of ether oxygens (including phenoxy) is 2. The molecule has 0 amide bonds. The van der Waals surface area contributed by atoms with E-state index in [-0.39, 0.29) is 6.61 Å². The number of hydrogen-bond donors (Lipinski definition) is 2. The first-order valence-electron chi connectivity index (χ1n) is 9.60. The van der Waals surface area contributed by atoms with Crippen LogP contribution in [0.25, 0.3) is 0 Å².